The molecule has 0 atom stereocenters. The van der Waals surface area contributed by atoms with Gasteiger partial charge in [0.2, 0.25) is 5.91 Å². The molecule has 0 saturated carbocycles. The van der Waals surface area contributed by atoms with E-state index in [-0.39, 0.29) is 36.1 Å². The van der Waals surface area contributed by atoms with E-state index in [1.54, 1.807) is 0 Å². The van der Waals surface area contributed by atoms with E-state index in [0.717, 1.165) is 0 Å². The van der Waals surface area contributed by atoms with E-state index in [4.69, 9.17) is 0 Å². The fourth-order valence-corrected chi connectivity index (χ4v) is 1.43. The topological polar surface area (TPSA) is 87.3 Å². The molecule has 90 valence electrons. The number of carbonyl (C=O) groups is 3. The molecule has 0 bridgehead atoms. The van der Waals surface area contributed by atoms with Gasteiger partial charge in [-0.3, -0.25) is 25.2 Å². The van der Waals surface area contributed by atoms with Gasteiger partial charge in [0.1, 0.15) is 5.92 Å². The van der Waals surface area contributed by atoms with Crippen molar-refractivity contribution >= 4 is 17.7 Å². The van der Waals surface area contributed by atoms with Gasteiger partial charge in [0.25, 0.3) is 11.8 Å². The second kappa shape index (κ2) is 4.51. The smallest absolute Gasteiger partial charge is 0.251 e. The molecule has 0 unspecified atom stereocenters. The number of rotatable bonds is 3. The highest BCUT2D eigenvalue weighted by Gasteiger charge is 2.33. The highest BCUT2D eigenvalue weighted by atomic mass is 16.2. The Kier molecular flexibility index (Phi) is 3.51. The summed E-state index contributed by atoms with van der Waals surface area (Å²) in [6.07, 6.45) is 0.405. The van der Waals surface area contributed by atoms with Gasteiger partial charge in [-0.1, -0.05) is 0 Å². The lowest BCUT2D eigenvalue weighted by atomic mass is 10.0. The van der Waals surface area contributed by atoms with Crippen LogP contribution in [0.1, 0.15) is 33.6 Å². The second-order valence-electron chi connectivity index (χ2n) is 4.87. The van der Waals surface area contributed by atoms with Gasteiger partial charge in [-0.05, 0) is 27.2 Å². The second-order valence-corrected chi connectivity index (χ2v) is 4.87. The first-order valence-electron chi connectivity index (χ1n) is 5.20. The first-order valence-corrected chi connectivity index (χ1v) is 5.20. The van der Waals surface area contributed by atoms with Gasteiger partial charge in [-0.15, -0.1) is 0 Å². The van der Waals surface area contributed by atoms with E-state index in [2.05, 4.69) is 16.2 Å². The lowest BCUT2D eigenvalue weighted by Gasteiger charge is -2.20. The Bertz CT molecular complexity index is 304. The quantitative estimate of drug-likeness (QED) is 0.566. The monoisotopic (exact) mass is 227 g/mol. The molecule has 0 aliphatic carbocycles. The van der Waals surface area contributed by atoms with Crippen LogP contribution < -0.4 is 16.2 Å². The summed E-state index contributed by atoms with van der Waals surface area (Å²) in [5.74, 6) is -1.63. The van der Waals surface area contributed by atoms with Gasteiger partial charge in [-0.2, -0.15) is 0 Å². The SMILES string of the molecule is CC(C)(C)NC(=O)CCC1C(=O)NNC1=O. The number of nitrogens with one attached hydrogen (secondary N) is 3. The molecule has 6 nitrogen and oxygen atoms in total. The van der Waals surface area contributed by atoms with Gasteiger partial charge in [0.15, 0.2) is 0 Å². The Labute approximate surface area is 94.1 Å². The maximum atomic E-state index is 11.5. The molecule has 3 N–H and O–H groups in total. The van der Waals surface area contributed by atoms with Gasteiger partial charge in [0.05, 0.1) is 0 Å². The van der Waals surface area contributed by atoms with Crippen molar-refractivity contribution in [1.82, 2.24) is 16.2 Å². The van der Waals surface area contributed by atoms with Gasteiger partial charge in [0, 0.05) is 12.0 Å². The Balaban J connectivity index is 2.37. The lowest BCUT2D eigenvalue weighted by molar-refractivity contribution is -0.128. The van der Waals surface area contributed by atoms with Crippen LogP contribution in [0.25, 0.3) is 0 Å². The third-order valence-electron chi connectivity index (χ3n) is 2.12. The molecule has 1 aliphatic heterocycles. The molecule has 0 aromatic rings. The summed E-state index contributed by atoms with van der Waals surface area (Å²) >= 11 is 0. The standard InChI is InChI=1S/C10H17N3O3/c1-10(2,3)11-7(14)5-4-6-8(15)12-13-9(6)16/h6H,4-5H2,1-3H3,(H,11,14)(H,12,15)(H,13,16). The molecule has 0 radical (unpaired) electrons. The maximum absolute atomic E-state index is 11.5. The van der Waals surface area contributed by atoms with Crippen LogP contribution in [0.15, 0.2) is 0 Å². The highest BCUT2D eigenvalue weighted by Crippen LogP contribution is 2.11. The minimum atomic E-state index is -0.745. The van der Waals surface area contributed by atoms with E-state index in [0.29, 0.717) is 0 Å². The predicted molar refractivity (Wildman–Crippen MR) is 56.9 cm³/mol. The molecule has 6 heteroatoms. The molecule has 1 fully saturated rings. The number of amides is 3. The largest absolute Gasteiger partial charge is 0.352 e. The summed E-state index contributed by atoms with van der Waals surface area (Å²) in [6.45, 7) is 5.62. The van der Waals surface area contributed by atoms with Crippen LogP contribution in [0, 0.1) is 5.92 Å². The fourth-order valence-electron chi connectivity index (χ4n) is 1.43. The third kappa shape index (κ3) is 3.52. The van der Waals surface area contributed by atoms with Crippen LogP contribution >= 0.6 is 0 Å². The number of carbonyl (C=O) groups excluding carboxylic acids is 3. The van der Waals surface area contributed by atoms with E-state index >= 15 is 0 Å². The molecule has 0 aromatic carbocycles. The molecule has 0 aromatic heterocycles. The van der Waals surface area contributed by atoms with Crippen molar-refractivity contribution < 1.29 is 14.4 Å². The zero-order valence-corrected chi connectivity index (χ0v) is 9.72. The van der Waals surface area contributed by atoms with Crippen molar-refractivity contribution in [2.75, 3.05) is 0 Å². The minimum Gasteiger partial charge on any atom is -0.352 e. The molecule has 1 heterocycles. The maximum Gasteiger partial charge on any atom is 0.251 e. The zero-order valence-electron chi connectivity index (χ0n) is 9.72. The van der Waals surface area contributed by atoms with Crippen LogP contribution in [0.5, 0.6) is 0 Å². The van der Waals surface area contributed by atoms with Crippen molar-refractivity contribution in [1.29, 1.82) is 0 Å². The molecule has 1 saturated heterocycles. The highest BCUT2D eigenvalue weighted by molar-refractivity contribution is 6.05. The molecular formula is C10H17N3O3. The summed E-state index contributed by atoms with van der Waals surface area (Å²) in [7, 11) is 0. The normalized spacial score (nSPS) is 16.9. The Morgan fingerprint density at radius 1 is 1.25 bits per heavy atom. The third-order valence-corrected chi connectivity index (χ3v) is 2.12. The van der Waals surface area contributed by atoms with Crippen LogP contribution in [0.3, 0.4) is 0 Å². The summed E-state index contributed by atoms with van der Waals surface area (Å²) in [6, 6.07) is 0. The van der Waals surface area contributed by atoms with Crippen LogP contribution in [0.4, 0.5) is 0 Å². The first-order chi connectivity index (χ1) is 7.29. The van der Waals surface area contributed by atoms with Gasteiger partial charge >= 0.3 is 0 Å². The van der Waals surface area contributed by atoms with Gasteiger partial charge < -0.3 is 5.32 Å². The number of hydrogen-bond acceptors (Lipinski definition) is 3. The number of hydrazine groups is 1. The van der Waals surface area contributed by atoms with Crippen molar-refractivity contribution in [3.63, 3.8) is 0 Å². The number of hydrogen-bond donors (Lipinski definition) is 3. The van der Waals surface area contributed by atoms with Crippen molar-refractivity contribution in [2.45, 2.75) is 39.2 Å². The van der Waals surface area contributed by atoms with E-state index in [1.165, 1.54) is 0 Å². The molecular weight excluding hydrogens is 210 g/mol. The van der Waals surface area contributed by atoms with Crippen molar-refractivity contribution in [2.24, 2.45) is 5.92 Å². The van der Waals surface area contributed by atoms with Crippen LogP contribution in [-0.4, -0.2) is 23.3 Å². The Morgan fingerprint density at radius 3 is 2.19 bits per heavy atom. The summed E-state index contributed by atoms with van der Waals surface area (Å²) in [4.78, 5) is 33.8. The van der Waals surface area contributed by atoms with Crippen LogP contribution in [-0.2, 0) is 14.4 Å². The molecule has 3 amide bonds. The van der Waals surface area contributed by atoms with E-state index < -0.39 is 5.92 Å². The van der Waals surface area contributed by atoms with E-state index in [9.17, 15) is 14.4 Å². The minimum absolute atomic E-state index is 0.153. The molecule has 0 spiro atoms. The Morgan fingerprint density at radius 2 is 1.75 bits per heavy atom. The average molecular weight is 227 g/mol. The Hall–Kier alpha value is -1.59. The van der Waals surface area contributed by atoms with E-state index in [1.807, 2.05) is 20.8 Å². The van der Waals surface area contributed by atoms with Crippen molar-refractivity contribution in [3.8, 4) is 0 Å². The fraction of sp³-hybridized carbons (Fsp3) is 0.700. The molecule has 1 aliphatic rings. The predicted octanol–water partition coefficient (Wildman–Crippen LogP) is -0.541. The lowest BCUT2D eigenvalue weighted by Crippen LogP contribution is -2.40. The molecule has 1 rings (SSSR count). The first kappa shape index (κ1) is 12.5. The molecule has 16 heavy (non-hydrogen) atoms. The van der Waals surface area contributed by atoms with Gasteiger partial charge in [-0.25, -0.2) is 0 Å². The van der Waals surface area contributed by atoms with Crippen LogP contribution in [0.2, 0.25) is 0 Å². The summed E-state index contributed by atoms with van der Waals surface area (Å²) in [5.41, 5.74) is 4.15. The van der Waals surface area contributed by atoms with Crippen molar-refractivity contribution in [3.05, 3.63) is 0 Å². The zero-order chi connectivity index (χ0) is 12.3. The summed E-state index contributed by atoms with van der Waals surface area (Å²) in [5, 5.41) is 2.77. The summed E-state index contributed by atoms with van der Waals surface area (Å²) < 4.78 is 0. The average Bonchev–Trinajstić information content (AvgIpc) is 2.41.